The highest BCUT2D eigenvalue weighted by Crippen LogP contribution is 2.23. The van der Waals surface area contributed by atoms with Crippen LogP contribution in [0.4, 0.5) is 23.0 Å². The van der Waals surface area contributed by atoms with E-state index in [1.165, 1.54) is 6.33 Å². The van der Waals surface area contributed by atoms with E-state index in [1.807, 2.05) is 62.4 Å². The average Bonchev–Trinajstić information content (AvgIpc) is 2.87. The third-order valence-corrected chi connectivity index (χ3v) is 5.84. The van der Waals surface area contributed by atoms with Gasteiger partial charge in [0.15, 0.2) is 6.61 Å². The van der Waals surface area contributed by atoms with E-state index in [2.05, 4.69) is 25.9 Å². The number of rotatable bonds is 2. The van der Waals surface area contributed by atoms with Crippen LogP contribution in [0.15, 0.2) is 60.9 Å². The smallest absolute Gasteiger partial charge is 0.260 e. The van der Waals surface area contributed by atoms with Crippen LogP contribution in [0.1, 0.15) is 25.8 Å². The van der Waals surface area contributed by atoms with Crippen molar-refractivity contribution in [3.8, 4) is 5.75 Å². The lowest BCUT2D eigenvalue weighted by Crippen LogP contribution is -2.43. The van der Waals surface area contributed by atoms with Gasteiger partial charge in [-0.15, -0.1) is 0 Å². The SMILES string of the molecule is CCCN1CC(C)C(=O)NCCc2cccc(c2)Nc2cc(ncn2)Nc2cccc(c2)OCC1=O. The van der Waals surface area contributed by atoms with Crippen molar-refractivity contribution in [2.45, 2.75) is 26.7 Å². The van der Waals surface area contributed by atoms with Crippen molar-refractivity contribution < 1.29 is 14.3 Å². The van der Waals surface area contributed by atoms with Gasteiger partial charge in [-0.2, -0.15) is 0 Å². The molecule has 0 saturated heterocycles. The summed E-state index contributed by atoms with van der Waals surface area (Å²) < 4.78 is 5.80. The second-order valence-corrected chi connectivity index (χ2v) is 8.84. The Hall–Kier alpha value is -4.14. The summed E-state index contributed by atoms with van der Waals surface area (Å²) in [7, 11) is 0. The highest BCUT2D eigenvalue weighted by Gasteiger charge is 2.21. The zero-order valence-electron chi connectivity index (χ0n) is 20.7. The molecular formula is C27H32N6O3. The molecule has 4 rings (SSSR count). The van der Waals surface area contributed by atoms with Crippen molar-refractivity contribution in [1.82, 2.24) is 20.2 Å². The number of aromatic nitrogens is 2. The van der Waals surface area contributed by atoms with Gasteiger partial charge in [-0.05, 0) is 42.7 Å². The predicted octanol–water partition coefficient (Wildman–Crippen LogP) is 3.89. The van der Waals surface area contributed by atoms with Crippen molar-refractivity contribution in [3.05, 3.63) is 66.5 Å². The highest BCUT2D eigenvalue weighted by atomic mass is 16.5. The molecule has 0 aliphatic carbocycles. The summed E-state index contributed by atoms with van der Waals surface area (Å²) >= 11 is 0. The third kappa shape index (κ3) is 6.94. The molecule has 9 heteroatoms. The van der Waals surface area contributed by atoms with E-state index in [-0.39, 0.29) is 24.3 Å². The van der Waals surface area contributed by atoms with Gasteiger partial charge >= 0.3 is 0 Å². The van der Waals surface area contributed by atoms with Gasteiger partial charge in [-0.1, -0.05) is 32.0 Å². The minimum atomic E-state index is -0.333. The maximum atomic E-state index is 12.9. The van der Waals surface area contributed by atoms with Gasteiger partial charge in [0.05, 0.1) is 5.92 Å². The number of ether oxygens (including phenoxy) is 1. The second kappa shape index (κ2) is 12.0. The summed E-state index contributed by atoms with van der Waals surface area (Å²) in [5.41, 5.74) is 2.75. The van der Waals surface area contributed by atoms with E-state index < -0.39 is 0 Å². The van der Waals surface area contributed by atoms with Gasteiger partial charge < -0.3 is 25.6 Å². The number of anilines is 4. The molecule has 9 nitrogen and oxygen atoms in total. The van der Waals surface area contributed by atoms with E-state index in [9.17, 15) is 9.59 Å². The van der Waals surface area contributed by atoms with Gasteiger partial charge in [0.2, 0.25) is 5.91 Å². The zero-order chi connectivity index (χ0) is 25.3. The second-order valence-electron chi connectivity index (χ2n) is 8.84. The number of fused-ring (bicyclic) bond motifs is 6. The van der Waals surface area contributed by atoms with Crippen LogP contribution in [0, 0.1) is 5.92 Å². The Morgan fingerprint density at radius 3 is 2.47 bits per heavy atom. The van der Waals surface area contributed by atoms with Crippen molar-refractivity contribution in [3.63, 3.8) is 0 Å². The number of nitrogens with one attached hydrogen (secondary N) is 3. The first-order valence-electron chi connectivity index (χ1n) is 12.2. The fourth-order valence-electron chi connectivity index (χ4n) is 4.00. The summed E-state index contributed by atoms with van der Waals surface area (Å²) in [6.07, 6.45) is 2.97. The predicted molar refractivity (Wildman–Crippen MR) is 140 cm³/mol. The van der Waals surface area contributed by atoms with E-state index in [1.54, 1.807) is 11.0 Å². The van der Waals surface area contributed by atoms with E-state index in [0.717, 1.165) is 23.4 Å². The summed E-state index contributed by atoms with van der Waals surface area (Å²) in [4.78, 5) is 36.0. The van der Waals surface area contributed by atoms with Crippen LogP contribution in [-0.4, -0.2) is 52.9 Å². The zero-order valence-corrected chi connectivity index (χ0v) is 20.7. The molecule has 2 heterocycles. The van der Waals surface area contributed by atoms with Crippen molar-refractivity contribution in [2.24, 2.45) is 5.92 Å². The number of hydrogen-bond acceptors (Lipinski definition) is 7. The van der Waals surface area contributed by atoms with Crippen LogP contribution >= 0.6 is 0 Å². The molecule has 0 spiro atoms. The van der Waals surface area contributed by atoms with Crippen LogP contribution in [0.5, 0.6) is 5.75 Å². The van der Waals surface area contributed by atoms with Gasteiger partial charge in [-0.3, -0.25) is 9.59 Å². The highest BCUT2D eigenvalue weighted by molar-refractivity contribution is 5.81. The molecule has 0 radical (unpaired) electrons. The lowest BCUT2D eigenvalue weighted by Gasteiger charge is -2.25. The summed E-state index contributed by atoms with van der Waals surface area (Å²) in [5, 5.41) is 9.57. The molecule has 6 bridgehead atoms. The molecular weight excluding hydrogens is 456 g/mol. The van der Waals surface area contributed by atoms with E-state index >= 15 is 0 Å². The van der Waals surface area contributed by atoms with Crippen LogP contribution in [0.2, 0.25) is 0 Å². The molecule has 2 amide bonds. The topological polar surface area (TPSA) is 108 Å². The number of nitrogens with zero attached hydrogens (tertiary/aromatic N) is 3. The summed E-state index contributed by atoms with van der Waals surface area (Å²) in [5.74, 6) is 1.27. The lowest BCUT2D eigenvalue weighted by molar-refractivity contribution is -0.135. The first kappa shape index (κ1) is 25.0. The number of benzene rings is 2. The molecule has 188 valence electrons. The summed E-state index contributed by atoms with van der Waals surface area (Å²) in [6.45, 7) is 5.17. The Kier molecular flexibility index (Phi) is 8.33. The van der Waals surface area contributed by atoms with Gasteiger partial charge in [0, 0.05) is 43.1 Å². The monoisotopic (exact) mass is 488 g/mol. The van der Waals surface area contributed by atoms with Crippen LogP contribution < -0.4 is 20.7 Å². The molecule has 36 heavy (non-hydrogen) atoms. The first-order chi connectivity index (χ1) is 17.5. The van der Waals surface area contributed by atoms with Crippen LogP contribution in [-0.2, 0) is 16.0 Å². The van der Waals surface area contributed by atoms with Gasteiger partial charge in [0.1, 0.15) is 23.7 Å². The quantitative estimate of drug-likeness (QED) is 0.502. The number of amides is 2. The molecule has 0 fully saturated rings. The first-order valence-corrected chi connectivity index (χ1v) is 12.2. The minimum Gasteiger partial charge on any atom is -0.484 e. The fourth-order valence-corrected chi connectivity index (χ4v) is 4.00. The molecule has 0 saturated carbocycles. The lowest BCUT2D eigenvalue weighted by atomic mass is 10.1. The average molecular weight is 489 g/mol. The van der Waals surface area contributed by atoms with Crippen LogP contribution in [0.25, 0.3) is 0 Å². The Morgan fingerprint density at radius 1 is 1.00 bits per heavy atom. The van der Waals surface area contributed by atoms with E-state index in [0.29, 0.717) is 43.4 Å². The molecule has 1 aromatic heterocycles. The maximum absolute atomic E-state index is 12.9. The molecule has 3 N–H and O–H groups in total. The molecule has 3 aromatic rings. The molecule has 2 aromatic carbocycles. The third-order valence-electron chi connectivity index (χ3n) is 5.84. The Balaban J connectivity index is 1.59. The number of carbonyl (C=O) groups excluding carboxylic acids is 2. The summed E-state index contributed by atoms with van der Waals surface area (Å²) in [6, 6.07) is 17.2. The van der Waals surface area contributed by atoms with Gasteiger partial charge in [-0.25, -0.2) is 9.97 Å². The molecule has 1 aliphatic heterocycles. The van der Waals surface area contributed by atoms with Crippen molar-refractivity contribution >= 4 is 34.8 Å². The van der Waals surface area contributed by atoms with Gasteiger partial charge in [0.25, 0.3) is 5.91 Å². The standard InChI is InChI=1S/C27H32N6O3/c1-3-12-33-16-19(2)27(35)28-11-10-20-6-4-7-21(13-20)31-24-15-25(30-18-29-24)32-22-8-5-9-23(14-22)36-17-26(33)34/h4-9,13-15,18-19H,3,10-12,16-17H2,1-2H3,(H,28,35)(H2,29,30,31,32). The molecule has 1 unspecified atom stereocenters. The molecule has 1 aliphatic rings. The number of carbonyl (C=O) groups is 2. The van der Waals surface area contributed by atoms with Crippen molar-refractivity contribution in [2.75, 3.05) is 36.9 Å². The largest absolute Gasteiger partial charge is 0.484 e. The Labute approximate surface area is 211 Å². The van der Waals surface area contributed by atoms with Crippen LogP contribution in [0.3, 0.4) is 0 Å². The van der Waals surface area contributed by atoms with E-state index in [4.69, 9.17) is 4.74 Å². The molecule has 1 atom stereocenters. The number of hydrogen-bond donors (Lipinski definition) is 3. The minimum absolute atomic E-state index is 0.0720. The Morgan fingerprint density at radius 2 is 1.72 bits per heavy atom. The fraction of sp³-hybridized carbons (Fsp3) is 0.333. The Bertz CT molecular complexity index is 1200. The van der Waals surface area contributed by atoms with Crippen molar-refractivity contribution in [1.29, 1.82) is 0 Å². The maximum Gasteiger partial charge on any atom is 0.260 e. The normalized spacial score (nSPS) is 17.1.